The highest BCUT2D eigenvalue weighted by Crippen LogP contribution is 2.41. The number of pyridine rings is 1. The first-order valence-corrected chi connectivity index (χ1v) is 12.8. The molecular formula is C27H29N7O5. The number of aromatic nitrogens is 5. The summed E-state index contributed by atoms with van der Waals surface area (Å²) >= 11 is 0. The van der Waals surface area contributed by atoms with Gasteiger partial charge in [-0.2, -0.15) is 10.1 Å². The lowest BCUT2D eigenvalue weighted by Crippen LogP contribution is -2.49. The zero-order valence-corrected chi connectivity index (χ0v) is 22.0. The molecule has 4 aromatic rings. The predicted octanol–water partition coefficient (Wildman–Crippen LogP) is 3.39. The van der Waals surface area contributed by atoms with Gasteiger partial charge in [0.15, 0.2) is 11.5 Å². The van der Waals surface area contributed by atoms with Gasteiger partial charge in [0.25, 0.3) is 5.91 Å². The van der Waals surface area contributed by atoms with Crippen LogP contribution < -0.4 is 19.1 Å². The standard InChI is InChI=1S/C27H29N7O5/c1-36-21-12-18(13-22(37-2)24(21)38-3)19-14-20(31-30-19)27(35)34-10-8-33(9-11-34)23-7-6-17(15-28-23)25-29-26(39-32-25)16-4-5-16/h6-7,12-16H,4-5,8-11H2,1-3H3,(H,30,31). The van der Waals surface area contributed by atoms with Crippen LogP contribution in [0.5, 0.6) is 17.2 Å². The molecule has 2 aliphatic rings. The summed E-state index contributed by atoms with van der Waals surface area (Å²) in [6.45, 7) is 2.47. The van der Waals surface area contributed by atoms with Gasteiger partial charge >= 0.3 is 0 Å². The highest BCUT2D eigenvalue weighted by Gasteiger charge is 2.30. The van der Waals surface area contributed by atoms with Gasteiger partial charge in [0.1, 0.15) is 11.5 Å². The second-order valence-corrected chi connectivity index (χ2v) is 9.50. The monoisotopic (exact) mass is 531 g/mol. The van der Waals surface area contributed by atoms with Gasteiger partial charge in [-0.1, -0.05) is 5.16 Å². The lowest BCUT2D eigenvalue weighted by molar-refractivity contribution is 0.0740. The van der Waals surface area contributed by atoms with Crippen LogP contribution in [-0.2, 0) is 0 Å². The zero-order chi connectivity index (χ0) is 26.9. The molecule has 3 aromatic heterocycles. The van der Waals surface area contributed by atoms with E-state index >= 15 is 0 Å². The van der Waals surface area contributed by atoms with Gasteiger partial charge < -0.3 is 28.5 Å². The van der Waals surface area contributed by atoms with Crippen molar-refractivity contribution in [3.05, 3.63) is 48.1 Å². The van der Waals surface area contributed by atoms with E-state index in [1.165, 1.54) is 0 Å². The zero-order valence-electron chi connectivity index (χ0n) is 22.0. The van der Waals surface area contributed by atoms with Crippen LogP contribution in [0.25, 0.3) is 22.6 Å². The van der Waals surface area contributed by atoms with Crippen LogP contribution in [0.2, 0.25) is 0 Å². The van der Waals surface area contributed by atoms with Gasteiger partial charge in [-0.25, -0.2) is 4.98 Å². The molecule has 1 saturated carbocycles. The number of amides is 1. The van der Waals surface area contributed by atoms with Crippen molar-refractivity contribution in [2.75, 3.05) is 52.4 Å². The molecule has 12 nitrogen and oxygen atoms in total. The van der Waals surface area contributed by atoms with Crippen molar-refractivity contribution >= 4 is 11.7 Å². The van der Waals surface area contributed by atoms with Crippen LogP contribution in [0.15, 0.2) is 41.1 Å². The number of benzene rings is 1. The van der Waals surface area contributed by atoms with E-state index in [2.05, 4.69) is 30.2 Å². The van der Waals surface area contributed by atoms with Crippen molar-refractivity contribution in [3.8, 4) is 39.9 Å². The number of carbonyl (C=O) groups is 1. The summed E-state index contributed by atoms with van der Waals surface area (Å²) in [5, 5.41) is 11.3. The van der Waals surface area contributed by atoms with Crippen LogP contribution in [0, 0.1) is 0 Å². The Kier molecular flexibility index (Phi) is 6.51. The van der Waals surface area contributed by atoms with Crippen molar-refractivity contribution in [3.63, 3.8) is 0 Å². The van der Waals surface area contributed by atoms with Gasteiger partial charge in [0, 0.05) is 49.4 Å². The molecule has 1 aliphatic heterocycles. The SMILES string of the molecule is COc1cc(-c2cc(C(=O)N3CCN(c4ccc(-c5noc(C6CC6)n5)cn4)CC3)[nH]n2)cc(OC)c1OC. The molecule has 2 fully saturated rings. The first kappa shape index (κ1) is 24.7. The fourth-order valence-electron chi connectivity index (χ4n) is 4.67. The number of anilines is 1. The summed E-state index contributed by atoms with van der Waals surface area (Å²) in [5.41, 5.74) is 2.58. The molecule has 12 heteroatoms. The smallest absolute Gasteiger partial charge is 0.272 e. The van der Waals surface area contributed by atoms with E-state index < -0.39 is 0 Å². The van der Waals surface area contributed by atoms with E-state index in [0.29, 0.717) is 72.4 Å². The molecule has 39 heavy (non-hydrogen) atoms. The van der Waals surface area contributed by atoms with E-state index in [4.69, 9.17) is 18.7 Å². The molecule has 0 radical (unpaired) electrons. The fourth-order valence-corrected chi connectivity index (χ4v) is 4.67. The average Bonchev–Trinajstić information content (AvgIpc) is 3.51. The highest BCUT2D eigenvalue weighted by molar-refractivity contribution is 5.93. The lowest BCUT2D eigenvalue weighted by Gasteiger charge is -2.35. The summed E-state index contributed by atoms with van der Waals surface area (Å²) in [6, 6.07) is 9.25. The summed E-state index contributed by atoms with van der Waals surface area (Å²) in [5.74, 6) is 3.97. The molecule has 0 unspecified atom stereocenters. The maximum absolute atomic E-state index is 13.2. The molecular weight excluding hydrogens is 502 g/mol. The Morgan fingerprint density at radius 3 is 2.33 bits per heavy atom. The van der Waals surface area contributed by atoms with E-state index in [-0.39, 0.29) is 5.91 Å². The number of rotatable bonds is 8. The fraction of sp³-hybridized carbons (Fsp3) is 0.370. The third-order valence-electron chi connectivity index (χ3n) is 7.03. The number of methoxy groups -OCH3 is 3. The Bertz CT molecular complexity index is 1440. The largest absolute Gasteiger partial charge is 0.493 e. The summed E-state index contributed by atoms with van der Waals surface area (Å²) < 4.78 is 21.6. The molecule has 0 atom stereocenters. The van der Waals surface area contributed by atoms with Gasteiger partial charge in [0.2, 0.25) is 17.5 Å². The topological polar surface area (TPSA) is 132 Å². The second-order valence-electron chi connectivity index (χ2n) is 9.50. The molecule has 0 bridgehead atoms. The molecule has 4 heterocycles. The molecule has 6 rings (SSSR count). The van der Waals surface area contributed by atoms with Crippen LogP contribution in [0.1, 0.15) is 35.1 Å². The molecule has 1 N–H and O–H groups in total. The van der Waals surface area contributed by atoms with Crippen LogP contribution in [-0.4, -0.2) is 83.6 Å². The van der Waals surface area contributed by atoms with Crippen molar-refractivity contribution in [1.82, 2.24) is 30.2 Å². The minimum Gasteiger partial charge on any atom is -0.493 e. The second kappa shape index (κ2) is 10.3. The number of piperazine rings is 1. The Hall–Kier alpha value is -4.61. The van der Waals surface area contributed by atoms with Crippen molar-refractivity contribution in [2.45, 2.75) is 18.8 Å². The van der Waals surface area contributed by atoms with E-state index in [1.54, 1.807) is 45.7 Å². The number of ether oxygens (including phenoxy) is 3. The Labute approximate surface area is 224 Å². The van der Waals surface area contributed by atoms with Gasteiger partial charge in [0.05, 0.1) is 27.0 Å². The van der Waals surface area contributed by atoms with Crippen LogP contribution >= 0.6 is 0 Å². The van der Waals surface area contributed by atoms with Gasteiger partial charge in [-0.05, 0) is 43.2 Å². The molecule has 1 saturated heterocycles. The summed E-state index contributed by atoms with van der Waals surface area (Å²) in [6.07, 6.45) is 3.99. The molecule has 1 aromatic carbocycles. The van der Waals surface area contributed by atoms with Crippen LogP contribution in [0.4, 0.5) is 5.82 Å². The number of H-pyrrole nitrogens is 1. The van der Waals surface area contributed by atoms with Crippen molar-refractivity contribution < 1.29 is 23.5 Å². The molecule has 1 amide bonds. The van der Waals surface area contributed by atoms with Gasteiger partial charge in [-0.3, -0.25) is 9.89 Å². The number of hydrogen-bond acceptors (Lipinski definition) is 10. The minimum atomic E-state index is -0.104. The number of nitrogens with one attached hydrogen (secondary N) is 1. The van der Waals surface area contributed by atoms with Gasteiger partial charge in [-0.15, -0.1) is 0 Å². The minimum absolute atomic E-state index is 0.104. The molecule has 202 valence electrons. The third-order valence-corrected chi connectivity index (χ3v) is 7.03. The third kappa shape index (κ3) is 4.85. The van der Waals surface area contributed by atoms with Crippen molar-refractivity contribution in [1.29, 1.82) is 0 Å². The normalized spacial score (nSPS) is 15.4. The number of carbonyl (C=O) groups excluding carboxylic acids is 1. The Morgan fingerprint density at radius 1 is 0.974 bits per heavy atom. The molecule has 1 aliphatic carbocycles. The van der Waals surface area contributed by atoms with E-state index in [0.717, 1.165) is 29.8 Å². The quantitative estimate of drug-likeness (QED) is 0.361. The number of hydrogen-bond donors (Lipinski definition) is 1. The highest BCUT2D eigenvalue weighted by atomic mass is 16.5. The Balaban J connectivity index is 1.09. The predicted molar refractivity (Wildman–Crippen MR) is 141 cm³/mol. The number of nitrogens with zero attached hydrogens (tertiary/aromatic N) is 6. The number of aromatic amines is 1. The van der Waals surface area contributed by atoms with E-state index in [9.17, 15) is 4.79 Å². The maximum Gasteiger partial charge on any atom is 0.272 e. The first-order valence-electron chi connectivity index (χ1n) is 12.8. The maximum atomic E-state index is 13.2. The lowest BCUT2D eigenvalue weighted by atomic mass is 10.1. The molecule has 0 spiro atoms. The van der Waals surface area contributed by atoms with Crippen molar-refractivity contribution in [2.24, 2.45) is 0 Å². The summed E-state index contributed by atoms with van der Waals surface area (Å²) in [4.78, 5) is 26.3. The average molecular weight is 532 g/mol. The van der Waals surface area contributed by atoms with Crippen LogP contribution in [0.3, 0.4) is 0 Å². The summed E-state index contributed by atoms with van der Waals surface area (Å²) in [7, 11) is 4.67. The Morgan fingerprint density at radius 2 is 1.72 bits per heavy atom. The first-order chi connectivity index (χ1) is 19.1. The van der Waals surface area contributed by atoms with E-state index in [1.807, 2.05) is 17.0 Å².